The average Bonchev–Trinajstić information content (AvgIpc) is 3.38. The second kappa shape index (κ2) is 61.6. The molecule has 0 saturated carbocycles. The van der Waals surface area contributed by atoms with Gasteiger partial charge in [0.25, 0.3) is 0 Å². The average molecular weight is 1010 g/mol. The van der Waals surface area contributed by atoms with Crippen molar-refractivity contribution in [1.29, 1.82) is 0 Å². The molecule has 6 nitrogen and oxygen atoms in total. The molecule has 0 aromatic carbocycles. The molecule has 3 N–H and O–H groups in total. The van der Waals surface area contributed by atoms with E-state index in [-0.39, 0.29) is 18.5 Å². The van der Waals surface area contributed by atoms with Crippen molar-refractivity contribution in [2.24, 2.45) is 0 Å². The van der Waals surface area contributed by atoms with E-state index in [1.165, 1.54) is 263 Å². The van der Waals surface area contributed by atoms with Gasteiger partial charge >= 0.3 is 5.97 Å². The summed E-state index contributed by atoms with van der Waals surface area (Å²) in [6.45, 7) is 4.90. The zero-order valence-electron chi connectivity index (χ0n) is 48.4. The molecule has 0 aromatic heterocycles. The Morgan fingerprint density at radius 3 is 1.11 bits per heavy atom. The SMILES string of the molecule is CCCC/C=C\C/C=C\CCCCCCCC(=O)OCCCCCCCCCCCCCC/C=C\CCCCCCCCCCCCCCCCCCC(=O)NC(CO)C(O)CCCCCCCCCCC. The molecule has 0 rings (SSSR count). The molecule has 0 aromatic rings. The van der Waals surface area contributed by atoms with Crippen LogP contribution in [0.2, 0.25) is 0 Å². The predicted octanol–water partition coefficient (Wildman–Crippen LogP) is 20.4. The fourth-order valence-corrected chi connectivity index (χ4v) is 9.95. The Morgan fingerprint density at radius 2 is 0.708 bits per heavy atom. The van der Waals surface area contributed by atoms with E-state index >= 15 is 0 Å². The summed E-state index contributed by atoms with van der Waals surface area (Å²) < 4.78 is 5.48. The third kappa shape index (κ3) is 57.4. The zero-order valence-corrected chi connectivity index (χ0v) is 48.4. The quantitative estimate of drug-likeness (QED) is 0.0320. The number of esters is 1. The Labute approximate surface area is 449 Å². The number of aliphatic hydroxyl groups excluding tert-OH is 2. The number of rotatable bonds is 60. The standard InChI is InChI=1S/C66H125NO5/c1-3-5-7-9-11-13-14-15-37-40-44-48-52-56-60-66(71)72-61-57-53-49-45-41-38-35-33-31-29-27-25-23-21-19-17-16-18-20-22-24-26-28-30-32-34-36-39-43-47-51-55-59-65(70)67-63(62-68)64(69)58-54-50-46-42-12-10-8-6-4-2/h9,11,14-15,19,21,63-64,68-69H,3-8,10,12-13,16-18,20,22-62H2,1-2H3,(H,67,70)/b11-9-,15-14-,21-19-. The van der Waals surface area contributed by atoms with Crippen LogP contribution in [0, 0.1) is 0 Å². The van der Waals surface area contributed by atoms with Crippen molar-refractivity contribution in [3.63, 3.8) is 0 Å². The minimum absolute atomic E-state index is 0.00341. The van der Waals surface area contributed by atoms with E-state index in [9.17, 15) is 19.8 Å². The molecule has 72 heavy (non-hydrogen) atoms. The molecule has 2 unspecified atom stereocenters. The van der Waals surface area contributed by atoms with Gasteiger partial charge in [-0.1, -0.05) is 294 Å². The summed E-state index contributed by atoms with van der Waals surface area (Å²) in [5.74, 6) is -0.0305. The van der Waals surface area contributed by atoms with Crippen LogP contribution in [-0.4, -0.2) is 47.4 Å². The molecule has 2 atom stereocenters. The molecule has 0 aliphatic rings. The van der Waals surface area contributed by atoms with Crippen molar-refractivity contribution in [3.8, 4) is 0 Å². The van der Waals surface area contributed by atoms with Crippen LogP contribution < -0.4 is 5.32 Å². The first-order valence-electron chi connectivity index (χ1n) is 32.2. The van der Waals surface area contributed by atoms with Crippen LogP contribution in [0.3, 0.4) is 0 Å². The topological polar surface area (TPSA) is 95.9 Å². The van der Waals surface area contributed by atoms with Gasteiger partial charge in [-0.05, 0) is 77.0 Å². The minimum Gasteiger partial charge on any atom is -0.466 e. The molecule has 0 fully saturated rings. The second-order valence-corrected chi connectivity index (χ2v) is 22.1. The van der Waals surface area contributed by atoms with Crippen LogP contribution in [-0.2, 0) is 14.3 Å². The number of nitrogens with one attached hydrogen (secondary N) is 1. The lowest BCUT2D eigenvalue weighted by Crippen LogP contribution is -2.45. The highest BCUT2D eigenvalue weighted by molar-refractivity contribution is 5.76. The van der Waals surface area contributed by atoms with Gasteiger partial charge in [0, 0.05) is 12.8 Å². The van der Waals surface area contributed by atoms with Crippen molar-refractivity contribution >= 4 is 11.9 Å². The van der Waals surface area contributed by atoms with Gasteiger partial charge in [0.2, 0.25) is 5.91 Å². The molecule has 0 spiro atoms. The fraction of sp³-hybridized carbons (Fsp3) is 0.879. The van der Waals surface area contributed by atoms with Crippen molar-refractivity contribution in [2.45, 2.75) is 360 Å². The number of aliphatic hydroxyl groups is 2. The van der Waals surface area contributed by atoms with Gasteiger partial charge in [0.15, 0.2) is 0 Å². The molecule has 6 heteroatoms. The summed E-state index contributed by atoms with van der Waals surface area (Å²) in [5.41, 5.74) is 0. The van der Waals surface area contributed by atoms with Crippen LogP contribution in [0.4, 0.5) is 0 Å². The van der Waals surface area contributed by atoms with Gasteiger partial charge in [-0.15, -0.1) is 0 Å². The number of allylic oxidation sites excluding steroid dienone is 6. The van der Waals surface area contributed by atoms with Crippen LogP contribution in [0.25, 0.3) is 0 Å². The van der Waals surface area contributed by atoms with Gasteiger partial charge < -0.3 is 20.3 Å². The summed E-state index contributed by atoms with van der Waals surface area (Å²) >= 11 is 0. The Morgan fingerprint density at radius 1 is 0.389 bits per heavy atom. The van der Waals surface area contributed by atoms with Gasteiger partial charge in [-0.2, -0.15) is 0 Å². The summed E-state index contributed by atoms with van der Waals surface area (Å²) in [5, 5.41) is 23.1. The number of ether oxygens (including phenoxy) is 1. The highest BCUT2D eigenvalue weighted by atomic mass is 16.5. The van der Waals surface area contributed by atoms with E-state index in [0.29, 0.717) is 25.9 Å². The number of carbonyl (C=O) groups is 2. The molecular weight excluding hydrogens is 887 g/mol. The highest BCUT2D eigenvalue weighted by Gasteiger charge is 2.20. The predicted molar refractivity (Wildman–Crippen MR) is 315 cm³/mol. The summed E-state index contributed by atoms with van der Waals surface area (Å²) in [4.78, 5) is 24.5. The number of hydrogen-bond donors (Lipinski definition) is 3. The summed E-state index contributed by atoms with van der Waals surface area (Å²) in [6, 6.07) is -0.537. The van der Waals surface area contributed by atoms with Gasteiger partial charge in [0.05, 0.1) is 25.4 Å². The molecule has 0 saturated heterocycles. The Kier molecular flexibility index (Phi) is 60.0. The smallest absolute Gasteiger partial charge is 0.305 e. The molecule has 424 valence electrons. The van der Waals surface area contributed by atoms with Crippen LogP contribution in [0.1, 0.15) is 348 Å². The largest absolute Gasteiger partial charge is 0.466 e. The lowest BCUT2D eigenvalue weighted by Gasteiger charge is -2.22. The maximum atomic E-state index is 12.4. The summed E-state index contributed by atoms with van der Waals surface area (Å²) in [6.07, 6.45) is 77.6. The van der Waals surface area contributed by atoms with Gasteiger partial charge in [-0.3, -0.25) is 9.59 Å². The second-order valence-electron chi connectivity index (χ2n) is 22.1. The number of carbonyl (C=O) groups excluding carboxylic acids is 2. The molecule has 0 radical (unpaired) electrons. The maximum absolute atomic E-state index is 12.4. The monoisotopic (exact) mass is 1010 g/mol. The van der Waals surface area contributed by atoms with Crippen LogP contribution >= 0.6 is 0 Å². The normalized spacial score (nSPS) is 12.8. The van der Waals surface area contributed by atoms with Crippen LogP contribution in [0.15, 0.2) is 36.5 Å². The minimum atomic E-state index is -0.660. The number of amides is 1. The molecule has 1 amide bonds. The molecule has 0 aliphatic heterocycles. The van der Waals surface area contributed by atoms with E-state index in [4.69, 9.17) is 4.74 Å². The Bertz CT molecular complexity index is 1170. The van der Waals surface area contributed by atoms with Crippen molar-refractivity contribution < 1.29 is 24.5 Å². The van der Waals surface area contributed by atoms with Crippen molar-refractivity contribution in [2.75, 3.05) is 13.2 Å². The highest BCUT2D eigenvalue weighted by Crippen LogP contribution is 2.18. The molecule has 0 heterocycles. The van der Waals surface area contributed by atoms with Gasteiger partial charge in [-0.25, -0.2) is 0 Å². The zero-order chi connectivity index (χ0) is 52.2. The van der Waals surface area contributed by atoms with E-state index in [1.54, 1.807) is 0 Å². The Balaban J connectivity index is 3.33. The third-order valence-electron chi connectivity index (χ3n) is 14.9. The number of hydrogen-bond acceptors (Lipinski definition) is 5. The third-order valence-corrected chi connectivity index (χ3v) is 14.9. The molecular formula is C66H125NO5. The lowest BCUT2D eigenvalue weighted by molar-refractivity contribution is -0.143. The van der Waals surface area contributed by atoms with E-state index < -0.39 is 12.1 Å². The molecule has 0 bridgehead atoms. The maximum Gasteiger partial charge on any atom is 0.305 e. The van der Waals surface area contributed by atoms with Crippen molar-refractivity contribution in [1.82, 2.24) is 5.32 Å². The lowest BCUT2D eigenvalue weighted by atomic mass is 10.0. The fourth-order valence-electron chi connectivity index (χ4n) is 9.95. The van der Waals surface area contributed by atoms with E-state index in [1.807, 2.05) is 0 Å². The first-order valence-corrected chi connectivity index (χ1v) is 32.2. The first kappa shape index (κ1) is 70.1. The van der Waals surface area contributed by atoms with E-state index in [0.717, 1.165) is 51.4 Å². The van der Waals surface area contributed by atoms with Crippen molar-refractivity contribution in [3.05, 3.63) is 36.5 Å². The van der Waals surface area contributed by atoms with E-state index in [2.05, 4.69) is 55.6 Å². The Hall–Kier alpha value is -1.92. The first-order chi connectivity index (χ1) is 35.5. The van der Waals surface area contributed by atoms with Gasteiger partial charge in [0.1, 0.15) is 0 Å². The van der Waals surface area contributed by atoms with Crippen LogP contribution in [0.5, 0.6) is 0 Å². The number of unbranched alkanes of at least 4 members (excludes halogenated alkanes) is 43. The summed E-state index contributed by atoms with van der Waals surface area (Å²) in [7, 11) is 0. The molecule has 0 aliphatic carbocycles.